The third-order valence-corrected chi connectivity index (χ3v) is 3.71. The quantitative estimate of drug-likeness (QED) is 0.772. The Morgan fingerprint density at radius 1 is 1.14 bits per heavy atom. The molecule has 1 fully saturated rings. The predicted molar refractivity (Wildman–Crippen MR) is 88.0 cm³/mol. The summed E-state index contributed by atoms with van der Waals surface area (Å²) in [5, 5.41) is 6.28. The summed E-state index contributed by atoms with van der Waals surface area (Å²) in [6.45, 7) is 0.664. The van der Waals surface area contributed by atoms with Crippen molar-refractivity contribution in [2.75, 3.05) is 11.9 Å². The molecule has 22 heavy (non-hydrogen) atoms. The van der Waals surface area contributed by atoms with Crippen molar-refractivity contribution in [2.45, 2.75) is 31.7 Å². The van der Waals surface area contributed by atoms with E-state index in [1.54, 1.807) is 12.3 Å². The van der Waals surface area contributed by atoms with Crippen LogP contribution in [0.25, 0.3) is 0 Å². The number of amides is 1. The van der Waals surface area contributed by atoms with Gasteiger partial charge in [0, 0.05) is 12.6 Å². The first-order valence-electron chi connectivity index (χ1n) is 7.86. The highest BCUT2D eigenvalue weighted by Gasteiger charge is 2.20. The third kappa shape index (κ3) is 4.32. The summed E-state index contributed by atoms with van der Waals surface area (Å²) in [6.07, 6.45) is 6.08. The highest BCUT2D eigenvalue weighted by atomic mass is 16.1. The van der Waals surface area contributed by atoms with Crippen LogP contribution in [0.5, 0.6) is 0 Å². The molecule has 0 aliphatic heterocycles. The van der Waals surface area contributed by atoms with E-state index in [2.05, 4.69) is 27.8 Å². The number of benzene rings is 1. The van der Waals surface area contributed by atoms with Crippen molar-refractivity contribution in [3.8, 4) is 0 Å². The molecule has 1 amide bonds. The average molecular weight is 295 g/mol. The molecular formula is C18H21N3O. The number of hydrogen-bond donors (Lipinski definition) is 2. The molecule has 0 saturated heterocycles. The van der Waals surface area contributed by atoms with Gasteiger partial charge in [-0.2, -0.15) is 0 Å². The molecule has 0 bridgehead atoms. The van der Waals surface area contributed by atoms with E-state index in [9.17, 15) is 4.79 Å². The van der Waals surface area contributed by atoms with E-state index in [0.717, 1.165) is 18.5 Å². The van der Waals surface area contributed by atoms with Crippen LogP contribution in [0, 0.1) is 0 Å². The molecule has 4 heteroatoms. The lowest BCUT2D eigenvalue weighted by atomic mass is 10.1. The molecule has 114 valence electrons. The Morgan fingerprint density at radius 2 is 1.95 bits per heavy atom. The van der Waals surface area contributed by atoms with Crippen molar-refractivity contribution in [3.63, 3.8) is 0 Å². The second-order valence-electron chi connectivity index (χ2n) is 5.70. The molecule has 1 aromatic heterocycles. The minimum Gasteiger partial charge on any atom is -0.381 e. The number of nitrogens with one attached hydrogen (secondary N) is 2. The zero-order valence-electron chi connectivity index (χ0n) is 12.6. The van der Waals surface area contributed by atoms with E-state index in [0.29, 0.717) is 18.3 Å². The van der Waals surface area contributed by atoms with Gasteiger partial charge in [-0.1, -0.05) is 30.3 Å². The van der Waals surface area contributed by atoms with Gasteiger partial charge in [-0.25, -0.2) is 4.98 Å². The Labute approximate surface area is 131 Å². The summed E-state index contributed by atoms with van der Waals surface area (Å²) >= 11 is 0. The van der Waals surface area contributed by atoms with Crippen LogP contribution in [0.4, 0.5) is 5.69 Å². The Morgan fingerprint density at radius 3 is 2.64 bits per heavy atom. The average Bonchev–Trinajstić information content (AvgIpc) is 3.37. The number of pyridine rings is 1. The summed E-state index contributed by atoms with van der Waals surface area (Å²) < 4.78 is 0. The summed E-state index contributed by atoms with van der Waals surface area (Å²) in [7, 11) is 0. The molecule has 1 heterocycles. The first-order chi connectivity index (χ1) is 10.8. The van der Waals surface area contributed by atoms with Crippen molar-refractivity contribution in [2.24, 2.45) is 0 Å². The molecule has 2 N–H and O–H groups in total. The van der Waals surface area contributed by atoms with Crippen molar-refractivity contribution in [1.29, 1.82) is 0 Å². The fourth-order valence-corrected chi connectivity index (χ4v) is 2.31. The summed E-state index contributed by atoms with van der Waals surface area (Å²) in [6, 6.07) is 14.6. The molecular weight excluding hydrogens is 274 g/mol. The lowest BCUT2D eigenvalue weighted by Gasteiger charge is -2.07. The number of aromatic nitrogens is 1. The summed E-state index contributed by atoms with van der Waals surface area (Å²) in [4.78, 5) is 16.2. The van der Waals surface area contributed by atoms with E-state index in [-0.39, 0.29) is 5.91 Å². The molecule has 3 rings (SSSR count). The Hall–Kier alpha value is -2.36. The highest BCUT2D eigenvalue weighted by Crippen LogP contribution is 2.24. The van der Waals surface area contributed by atoms with Gasteiger partial charge in [0.15, 0.2) is 0 Å². The summed E-state index contributed by atoms with van der Waals surface area (Å²) in [5.41, 5.74) is 2.76. The van der Waals surface area contributed by atoms with Crippen molar-refractivity contribution >= 4 is 11.6 Å². The molecule has 2 aromatic rings. The van der Waals surface area contributed by atoms with Crippen LogP contribution in [-0.4, -0.2) is 23.5 Å². The molecule has 0 unspecified atom stereocenters. The maximum absolute atomic E-state index is 12.0. The van der Waals surface area contributed by atoms with Gasteiger partial charge < -0.3 is 10.6 Å². The smallest absolute Gasteiger partial charge is 0.269 e. The largest absolute Gasteiger partial charge is 0.381 e. The number of anilines is 1. The Kier molecular flexibility index (Phi) is 4.68. The normalized spacial score (nSPS) is 13.6. The topological polar surface area (TPSA) is 54.0 Å². The zero-order chi connectivity index (χ0) is 15.2. The van der Waals surface area contributed by atoms with Crippen LogP contribution in [0.3, 0.4) is 0 Å². The number of rotatable bonds is 7. The minimum atomic E-state index is -0.106. The van der Waals surface area contributed by atoms with Crippen LogP contribution in [0.2, 0.25) is 0 Å². The maximum atomic E-state index is 12.0. The lowest BCUT2D eigenvalue weighted by Crippen LogP contribution is -2.25. The standard InChI is InChI=1S/C18H21N3O/c22-18(19-12-4-7-14-5-2-1-3-6-14)17-11-10-16(13-20-17)21-15-8-9-15/h1-3,5-6,10-11,13,15,21H,4,7-9,12H2,(H,19,22). The van der Waals surface area contributed by atoms with Crippen LogP contribution in [-0.2, 0) is 6.42 Å². The van der Waals surface area contributed by atoms with E-state index in [1.165, 1.54) is 18.4 Å². The predicted octanol–water partition coefficient (Wildman–Crippen LogP) is 3.02. The van der Waals surface area contributed by atoms with Gasteiger partial charge in [-0.3, -0.25) is 4.79 Å². The molecule has 0 spiro atoms. The minimum absolute atomic E-state index is 0.106. The van der Waals surface area contributed by atoms with Crippen molar-refractivity contribution in [1.82, 2.24) is 10.3 Å². The molecule has 0 atom stereocenters. The fourth-order valence-electron chi connectivity index (χ4n) is 2.31. The number of carbonyl (C=O) groups excluding carboxylic acids is 1. The summed E-state index contributed by atoms with van der Waals surface area (Å²) in [5.74, 6) is -0.106. The van der Waals surface area contributed by atoms with Crippen LogP contribution in [0.15, 0.2) is 48.7 Å². The monoisotopic (exact) mass is 295 g/mol. The van der Waals surface area contributed by atoms with Crippen molar-refractivity contribution in [3.05, 3.63) is 59.9 Å². The lowest BCUT2D eigenvalue weighted by molar-refractivity contribution is 0.0948. The maximum Gasteiger partial charge on any atom is 0.269 e. The van der Waals surface area contributed by atoms with Gasteiger partial charge in [0.25, 0.3) is 5.91 Å². The number of carbonyl (C=O) groups is 1. The van der Waals surface area contributed by atoms with Crippen LogP contribution >= 0.6 is 0 Å². The van der Waals surface area contributed by atoms with Gasteiger partial charge in [0.1, 0.15) is 5.69 Å². The van der Waals surface area contributed by atoms with E-state index in [1.807, 2.05) is 24.3 Å². The van der Waals surface area contributed by atoms with E-state index >= 15 is 0 Å². The second-order valence-corrected chi connectivity index (χ2v) is 5.70. The first-order valence-corrected chi connectivity index (χ1v) is 7.86. The molecule has 1 aliphatic carbocycles. The molecule has 0 radical (unpaired) electrons. The van der Waals surface area contributed by atoms with Crippen LogP contribution < -0.4 is 10.6 Å². The molecule has 1 aliphatic rings. The molecule has 1 aromatic carbocycles. The zero-order valence-corrected chi connectivity index (χ0v) is 12.6. The second kappa shape index (κ2) is 7.07. The van der Waals surface area contributed by atoms with Gasteiger partial charge in [0.2, 0.25) is 0 Å². The number of nitrogens with zero attached hydrogens (tertiary/aromatic N) is 1. The van der Waals surface area contributed by atoms with Gasteiger partial charge in [-0.05, 0) is 43.4 Å². The van der Waals surface area contributed by atoms with Gasteiger partial charge >= 0.3 is 0 Å². The third-order valence-electron chi connectivity index (χ3n) is 3.71. The number of aryl methyl sites for hydroxylation is 1. The molecule has 4 nitrogen and oxygen atoms in total. The van der Waals surface area contributed by atoms with E-state index in [4.69, 9.17) is 0 Å². The SMILES string of the molecule is O=C(NCCCc1ccccc1)c1ccc(NC2CC2)cn1. The number of hydrogen-bond acceptors (Lipinski definition) is 3. The Balaban J connectivity index is 1.41. The van der Waals surface area contributed by atoms with Gasteiger partial charge in [0.05, 0.1) is 11.9 Å². The van der Waals surface area contributed by atoms with E-state index < -0.39 is 0 Å². The molecule has 1 saturated carbocycles. The van der Waals surface area contributed by atoms with Crippen LogP contribution in [0.1, 0.15) is 35.3 Å². The van der Waals surface area contributed by atoms with Crippen molar-refractivity contribution < 1.29 is 4.79 Å². The first kappa shape index (κ1) is 14.6. The van der Waals surface area contributed by atoms with Gasteiger partial charge in [-0.15, -0.1) is 0 Å². The Bertz CT molecular complexity index is 606. The highest BCUT2D eigenvalue weighted by molar-refractivity contribution is 5.92. The fraction of sp³-hybridized carbons (Fsp3) is 0.333.